The highest BCUT2D eigenvalue weighted by Gasteiger charge is 1.88. The number of hydrogen-bond acceptors (Lipinski definition) is 0. The zero-order chi connectivity index (χ0) is 13.8. The Kier molecular flexibility index (Phi) is 8.80. The largest absolute Gasteiger partial charge is 0.0885 e. The van der Waals surface area contributed by atoms with Crippen molar-refractivity contribution in [2.75, 3.05) is 0 Å². The fraction of sp³-hybridized carbons (Fsp3) is 0.474. The molecule has 0 nitrogen and oxygen atoms in total. The molecule has 1 aromatic rings. The van der Waals surface area contributed by atoms with E-state index in [2.05, 4.69) is 62.4 Å². The topological polar surface area (TPSA) is 0 Å². The Morgan fingerprint density at radius 2 is 1.42 bits per heavy atom. The first kappa shape index (κ1) is 15.8. The minimum absolute atomic E-state index is 1.06. The average Bonchev–Trinajstić information content (AvgIpc) is 2.43. The van der Waals surface area contributed by atoms with Gasteiger partial charge in [0, 0.05) is 0 Å². The predicted octanol–water partition coefficient (Wildman–Crippen LogP) is 6.01. The van der Waals surface area contributed by atoms with Crippen molar-refractivity contribution in [3.8, 4) is 0 Å². The van der Waals surface area contributed by atoms with Crippen molar-refractivity contribution in [1.82, 2.24) is 0 Å². The maximum Gasteiger partial charge on any atom is -0.00975 e. The molecule has 104 valence electrons. The summed E-state index contributed by atoms with van der Waals surface area (Å²) in [4.78, 5) is 0. The van der Waals surface area contributed by atoms with E-state index >= 15 is 0 Å². The number of allylic oxidation sites excluding steroid dienone is 4. The monoisotopic (exact) mass is 256 g/mol. The highest BCUT2D eigenvalue weighted by atomic mass is 13.9. The highest BCUT2D eigenvalue weighted by molar-refractivity contribution is 5.23. The van der Waals surface area contributed by atoms with Crippen molar-refractivity contribution >= 4 is 0 Å². The lowest BCUT2D eigenvalue weighted by molar-refractivity contribution is 0.728. The van der Waals surface area contributed by atoms with Crippen LogP contribution in [0.5, 0.6) is 0 Å². The second-order valence-electron chi connectivity index (χ2n) is 5.21. The molecule has 0 saturated carbocycles. The van der Waals surface area contributed by atoms with Gasteiger partial charge in [0.2, 0.25) is 0 Å². The van der Waals surface area contributed by atoms with Gasteiger partial charge in [-0.1, -0.05) is 73.9 Å². The number of hydrogen-bond donors (Lipinski definition) is 0. The average molecular weight is 256 g/mol. The maximum absolute atomic E-state index is 2.34. The van der Waals surface area contributed by atoms with Gasteiger partial charge in [-0.25, -0.2) is 0 Å². The number of benzene rings is 1. The second kappa shape index (κ2) is 10.6. The fourth-order valence-corrected chi connectivity index (χ4v) is 2.00. The smallest absolute Gasteiger partial charge is 0.00975 e. The van der Waals surface area contributed by atoms with Crippen molar-refractivity contribution in [2.45, 2.75) is 58.8 Å². The molecule has 0 fully saturated rings. The third-order valence-corrected chi connectivity index (χ3v) is 3.28. The molecule has 0 aliphatic carbocycles. The molecule has 1 aromatic carbocycles. The van der Waals surface area contributed by atoms with Crippen molar-refractivity contribution in [2.24, 2.45) is 0 Å². The number of rotatable bonds is 9. The summed E-state index contributed by atoms with van der Waals surface area (Å²) in [5, 5.41) is 0. The third kappa shape index (κ3) is 8.42. The van der Waals surface area contributed by atoms with Gasteiger partial charge >= 0.3 is 0 Å². The summed E-state index contributed by atoms with van der Waals surface area (Å²) >= 11 is 0. The van der Waals surface area contributed by atoms with Gasteiger partial charge in [-0.2, -0.15) is 0 Å². The Labute approximate surface area is 119 Å². The molecule has 19 heavy (non-hydrogen) atoms. The molecule has 0 bridgehead atoms. The fourth-order valence-electron chi connectivity index (χ4n) is 2.00. The van der Waals surface area contributed by atoms with Crippen LogP contribution in [0.15, 0.2) is 48.6 Å². The van der Waals surface area contributed by atoms with Crippen molar-refractivity contribution in [3.63, 3.8) is 0 Å². The minimum atomic E-state index is 1.06. The lowest BCUT2D eigenvalue weighted by Crippen LogP contribution is -1.80. The van der Waals surface area contributed by atoms with E-state index in [4.69, 9.17) is 0 Å². The van der Waals surface area contributed by atoms with Gasteiger partial charge in [0.15, 0.2) is 0 Å². The van der Waals surface area contributed by atoms with E-state index < -0.39 is 0 Å². The summed E-state index contributed by atoms with van der Waals surface area (Å²) < 4.78 is 0. The van der Waals surface area contributed by atoms with Gasteiger partial charge in [-0.05, 0) is 44.6 Å². The van der Waals surface area contributed by atoms with Gasteiger partial charge in [0.25, 0.3) is 0 Å². The van der Waals surface area contributed by atoms with Crippen molar-refractivity contribution in [1.29, 1.82) is 0 Å². The maximum atomic E-state index is 2.34. The number of unbranched alkanes of at least 4 members (excludes halogenated alkanes) is 4. The molecule has 0 aliphatic rings. The molecule has 0 heteroatoms. The Bertz CT molecular complexity index is 368. The zero-order valence-corrected chi connectivity index (χ0v) is 12.6. The van der Waals surface area contributed by atoms with Crippen molar-refractivity contribution < 1.29 is 0 Å². The van der Waals surface area contributed by atoms with Crippen LogP contribution in [0.2, 0.25) is 0 Å². The second-order valence-corrected chi connectivity index (χ2v) is 5.21. The van der Waals surface area contributed by atoms with Gasteiger partial charge in [-0.15, -0.1) is 0 Å². The molecule has 0 amide bonds. The summed E-state index contributed by atoms with van der Waals surface area (Å²) in [5.41, 5.74) is 2.73. The van der Waals surface area contributed by atoms with Crippen LogP contribution in [0.4, 0.5) is 0 Å². The predicted molar refractivity (Wildman–Crippen MR) is 86.5 cm³/mol. The lowest BCUT2D eigenvalue weighted by Gasteiger charge is -1.97. The SMILES string of the molecule is CCCCC/C=C/CCC=CCc1ccc(C)cc1. The van der Waals surface area contributed by atoms with Gasteiger partial charge in [0.05, 0.1) is 0 Å². The van der Waals surface area contributed by atoms with E-state index in [-0.39, 0.29) is 0 Å². The molecule has 0 radical (unpaired) electrons. The standard InChI is InChI=1S/C19H28/c1-3-4-5-6-7-8-9-10-11-12-13-19-16-14-18(2)15-17-19/h7-8,11-12,14-17H,3-6,9-10,13H2,1-2H3/b8-7+,12-11?. The molecule has 0 atom stereocenters. The Morgan fingerprint density at radius 3 is 2.11 bits per heavy atom. The molecule has 1 rings (SSSR count). The van der Waals surface area contributed by atoms with Gasteiger partial charge < -0.3 is 0 Å². The normalized spacial score (nSPS) is 11.7. The van der Waals surface area contributed by atoms with Crippen LogP contribution in [0.25, 0.3) is 0 Å². The minimum Gasteiger partial charge on any atom is -0.0885 e. The van der Waals surface area contributed by atoms with E-state index in [1.165, 1.54) is 43.2 Å². The Morgan fingerprint density at radius 1 is 0.789 bits per heavy atom. The first-order valence-electron chi connectivity index (χ1n) is 7.68. The van der Waals surface area contributed by atoms with Gasteiger partial charge in [-0.3, -0.25) is 0 Å². The van der Waals surface area contributed by atoms with Crippen LogP contribution >= 0.6 is 0 Å². The van der Waals surface area contributed by atoms with E-state index in [1.54, 1.807) is 0 Å². The van der Waals surface area contributed by atoms with Gasteiger partial charge in [0.1, 0.15) is 0 Å². The summed E-state index contributed by atoms with van der Waals surface area (Å²) in [7, 11) is 0. The molecule has 0 heterocycles. The van der Waals surface area contributed by atoms with Crippen LogP contribution in [-0.2, 0) is 6.42 Å². The molecule has 0 spiro atoms. The third-order valence-electron chi connectivity index (χ3n) is 3.28. The lowest BCUT2D eigenvalue weighted by atomic mass is 10.1. The van der Waals surface area contributed by atoms with Crippen LogP contribution in [-0.4, -0.2) is 0 Å². The molecule has 0 saturated heterocycles. The van der Waals surface area contributed by atoms with Crippen molar-refractivity contribution in [3.05, 3.63) is 59.7 Å². The first-order chi connectivity index (χ1) is 9.33. The van der Waals surface area contributed by atoms with Crippen LogP contribution in [0, 0.1) is 6.92 Å². The zero-order valence-electron chi connectivity index (χ0n) is 12.6. The van der Waals surface area contributed by atoms with E-state index in [9.17, 15) is 0 Å². The molecule has 0 N–H and O–H groups in total. The Hall–Kier alpha value is -1.30. The van der Waals surface area contributed by atoms with Crippen LogP contribution in [0.1, 0.15) is 56.6 Å². The molecule has 0 aliphatic heterocycles. The van der Waals surface area contributed by atoms with E-state index in [0.29, 0.717) is 0 Å². The van der Waals surface area contributed by atoms with E-state index in [1.807, 2.05) is 0 Å². The molecule has 0 unspecified atom stereocenters. The summed E-state index contributed by atoms with van der Waals surface area (Å²) in [6, 6.07) is 8.80. The van der Waals surface area contributed by atoms with E-state index in [0.717, 1.165) is 12.8 Å². The first-order valence-corrected chi connectivity index (χ1v) is 7.68. The number of aryl methyl sites for hydroxylation is 1. The summed E-state index contributed by atoms with van der Waals surface area (Å²) in [6.07, 6.45) is 17.9. The van der Waals surface area contributed by atoms with Crippen LogP contribution < -0.4 is 0 Å². The molecular weight excluding hydrogens is 228 g/mol. The molecule has 0 aromatic heterocycles. The van der Waals surface area contributed by atoms with Crippen LogP contribution in [0.3, 0.4) is 0 Å². The summed E-state index contributed by atoms with van der Waals surface area (Å²) in [5.74, 6) is 0. The highest BCUT2D eigenvalue weighted by Crippen LogP contribution is 2.05. The molecular formula is C19H28. The summed E-state index contributed by atoms with van der Waals surface area (Å²) in [6.45, 7) is 4.38. The Balaban J connectivity index is 2.06. The quantitative estimate of drug-likeness (QED) is 0.375.